The molecule has 0 bridgehead atoms. The summed E-state index contributed by atoms with van der Waals surface area (Å²) in [5.41, 5.74) is 6.58. The van der Waals surface area contributed by atoms with E-state index in [0.717, 1.165) is 51.9 Å². The van der Waals surface area contributed by atoms with E-state index in [9.17, 15) is 4.79 Å². The first-order chi connectivity index (χ1) is 15.9. The van der Waals surface area contributed by atoms with Crippen molar-refractivity contribution in [1.29, 1.82) is 0 Å². The van der Waals surface area contributed by atoms with Crippen molar-refractivity contribution in [3.63, 3.8) is 0 Å². The van der Waals surface area contributed by atoms with Crippen molar-refractivity contribution >= 4 is 16.5 Å². The molecule has 0 N–H and O–H groups in total. The molecule has 1 aliphatic heterocycles. The van der Waals surface area contributed by atoms with Crippen LogP contribution >= 0.6 is 0 Å². The number of benzene rings is 3. The first-order valence-corrected chi connectivity index (χ1v) is 11.6. The van der Waals surface area contributed by atoms with Crippen molar-refractivity contribution in [1.82, 2.24) is 4.57 Å². The van der Waals surface area contributed by atoms with Gasteiger partial charge in [-0.15, -0.1) is 0 Å². The molecule has 33 heavy (non-hydrogen) atoms. The van der Waals surface area contributed by atoms with Crippen molar-refractivity contribution in [2.45, 2.75) is 39.9 Å². The fourth-order valence-electron chi connectivity index (χ4n) is 4.98. The number of anilines is 1. The Morgan fingerprint density at radius 2 is 1.45 bits per heavy atom. The van der Waals surface area contributed by atoms with Crippen LogP contribution in [-0.2, 0) is 4.74 Å². The maximum absolute atomic E-state index is 13.5. The Morgan fingerprint density at radius 3 is 2.12 bits per heavy atom. The smallest absolute Gasteiger partial charge is 0.262 e. The number of hydrogen-bond donors (Lipinski definition) is 0. The van der Waals surface area contributed by atoms with Gasteiger partial charge in [0.05, 0.1) is 12.2 Å². The van der Waals surface area contributed by atoms with Gasteiger partial charge in [-0.05, 0) is 80.1 Å². The number of morpholine rings is 1. The van der Waals surface area contributed by atoms with E-state index in [-0.39, 0.29) is 17.8 Å². The molecule has 1 aliphatic rings. The Balaban J connectivity index is 1.55. The van der Waals surface area contributed by atoms with Crippen molar-refractivity contribution in [3.8, 4) is 16.8 Å². The standard InChI is InChI=1S/C29H30N2O2/c1-19-8-10-23(11-9-19)26-6-5-7-27-28(26)20(2)16-31(29(27)32)25-14-12-24(13-15-25)30-17-21(3)33-22(4)18-30/h5-16,21-22H,17-18H2,1-4H3. The second-order valence-corrected chi connectivity index (χ2v) is 9.26. The fraction of sp³-hybridized carbons (Fsp3) is 0.276. The number of pyridine rings is 1. The molecule has 0 amide bonds. The molecule has 2 atom stereocenters. The summed E-state index contributed by atoms with van der Waals surface area (Å²) in [4.78, 5) is 15.9. The van der Waals surface area contributed by atoms with E-state index < -0.39 is 0 Å². The van der Waals surface area contributed by atoms with Crippen LogP contribution in [0, 0.1) is 13.8 Å². The molecule has 2 unspecified atom stereocenters. The summed E-state index contributed by atoms with van der Waals surface area (Å²) in [5.74, 6) is 0. The van der Waals surface area contributed by atoms with Crippen LogP contribution in [-0.4, -0.2) is 29.9 Å². The van der Waals surface area contributed by atoms with E-state index >= 15 is 0 Å². The SMILES string of the molecule is Cc1ccc(-c2cccc3c(=O)n(-c4ccc(N5CC(C)OC(C)C5)cc4)cc(C)c23)cc1. The number of ether oxygens (including phenoxy) is 1. The second kappa shape index (κ2) is 8.53. The lowest BCUT2D eigenvalue weighted by molar-refractivity contribution is -0.00521. The number of hydrogen-bond acceptors (Lipinski definition) is 3. The average Bonchev–Trinajstić information content (AvgIpc) is 2.81. The molecule has 5 rings (SSSR count). The highest BCUT2D eigenvalue weighted by molar-refractivity contribution is 5.98. The third kappa shape index (κ3) is 4.07. The van der Waals surface area contributed by atoms with Gasteiger partial charge >= 0.3 is 0 Å². The third-order valence-electron chi connectivity index (χ3n) is 6.51. The monoisotopic (exact) mass is 438 g/mol. The van der Waals surface area contributed by atoms with Crippen molar-refractivity contribution in [3.05, 3.63) is 94.4 Å². The van der Waals surface area contributed by atoms with E-state index in [0.29, 0.717) is 0 Å². The van der Waals surface area contributed by atoms with Gasteiger partial charge in [-0.2, -0.15) is 0 Å². The average molecular weight is 439 g/mol. The van der Waals surface area contributed by atoms with Gasteiger partial charge in [0.25, 0.3) is 5.56 Å². The summed E-state index contributed by atoms with van der Waals surface area (Å²) < 4.78 is 7.63. The van der Waals surface area contributed by atoms with Gasteiger partial charge in [-0.25, -0.2) is 0 Å². The van der Waals surface area contributed by atoms with Crippen molar-refractivity contribution in [2.75, 3.05) is 18.0 Å². The van der Waals surface area contributed by atoms with E-state index in [2.05, 4.69) is 75.1 Å². The van der Waals surface area contributed by atoms with Crippen LogP contribution in [0.3, 0.4) is 0 Å². The molecule has 0 saturated carbocycles. The van der Waals surface area contributed by atoms with Gasteiger partial charge in [-0.3, -0.25) is 9.36 Å². The minimum atomic E-state index is 0.00549. The molecule has 4 heteroatoms. The van der Waals surface area contributed by atoms with Crippen molar-refractivity contribution in [2.24, 2.45) is 0 Å². The molecule has 0 aliphatic carbocycles. The van der Waals surface area contributed by atoms with Crippen LogP contribution in [0.4, 0.5) is 5.69 Å². The van der Waals surface area contributed by atoms with Crippen LogP contribution in [0.1, 0.15) is 25.0 Å². The molecule has 1 saturated heterocycles. The van der Waals surface area contributed by atoms with Gasteiger partial charge < -0.3 is 9.64 Å². The molecule has 0 radical (unpaired) electrons. The van der Waals surface area contributed by atoms with E-state index in [4.69, 9.17) is 4.74 Å². The maximum atomic E-state index is 13.5. The third-order valence-corrected chi connectivity index (χ3v) is 6.51. The minimum absolute atomic E-state index is 0.00549. The highest BCUT2D eigenvalue weighted by Crippen LogP contribution is 2.30. The molecular formula is C29H30N2O2. The lowest BCUT2D eigenvalue weighted by Gasteiger charge is -2.36. The van der Waals surface area contributed by atoms with E-state index in [1.807, 2.05) is 30.5 Å². The quantitative estimate of drug-likeness (QED) is 0.400. The number of aryl methyl sites for hydroxylation is 2. The number of fused-ring (bicyclic) bond motifs is 1. The van der Waals surface area contributed by atoms with E-state index in [1.165, 1.54) is 5.56 Å². The molecule has 1 aromatic heterocycles. The zero-order valence-electron chi connectivity index (χ0n) is 19.7. The zero-order valence-corrected chi connectivity index (χ0v) is 19.7. The zero-order chi connectivity index (χ0) is 23.1. The lowest BCUT2D eigenvalue weighted by Crippen LogP contribution is -2.45. The highest BCUT2D eigenvalue weighted by Gasteiger charge is 2.22. The first-order valence-electron chi connectivity index (χ1n) is 11.6. The predicted molar refractivity (Wildman–Crippen MR) is 137 cm³/mol. The summed E-state index contributed by atoms with van der Waals surface area (Å²) in [5, 5.41) is 1.77. The molecule has 168 valence electrons. The summed E-state index contributed by atoms with van der Waals surface area (Å²) in [6.45, 7) is 10.1. The lowest BCUT2D eigenvalue weighted by atomic mass is 9.96. The summed E-state index contributed by atoms with van der Waals surface area (Å²) in [7, 11) is 0. The largest absolute Gasteiger partial charge is 0.372 e. The van der Waals surface area contributed by atoms with Crippen LogP contribution in [0.15, 0.2) is 77.7 Å². The highest BCUT2D eigenvalue weighted by atomic mass is 16.5. The Labute approximate surface area is 195 Å². The molecule has 0 spiro atoms. The van der Waals surface area contributed by atoms with Crippen LogP contribution in [0.25, 0.3) is 27.6 Å². The van der Waals surface area contributed by atoms with Gasteiger partial charge in [0.1, 0.15) is 0 Å². The van der Waals surface area contributed by atoms with E-state index in [1.54, 1.807) is 4.57 Å². The van der Waals surface area contributed by atoms with Gasteiger partial charge in [0.2, 0.25) is 0 Å². The summed E-state index contributed by atoms with van der Waals surface area (Å²) in [6, 6.07) is 22.8. The first kappa shape index (κ1) is 21.5. The molecular weight excluding hydrogens is 408 g/mol. The van der Waals surface area contributed by atoms with Crippen LogP contribution in [0.2, 0.25) is 0 Å². The molecule has 1 fully saturated rings. The Hall–Kier alpha value is -3.37. The topological polar surface area (TPSA) is 34.5 Å². The van der Waals surface area contributed by atoms with Gasteiger partial charge in [-0.1, -0.05) is 42.0 Å². The van der Waals surface area contributed by atoms with Gasteiger partial charge in [0, 0.05) is 36.0 Å². The number of nitrogens with zero attached hydrogens (tertiary/aromatic N) is 2. The number of aromatic nitrogens is 1. The van der Waals surface area contributed by atoms with Crippen LogP contribution in [0.5, 0.6) is 0 Å². The molecule has 2 heterocycles. The molecule has 3 aromatic carbocycles. The minimum Gasteiger partial charge on any atom is -0.372 e. The fourth-order valence-corrected chi connectivity index (χ4v) is 4.98. The van der Waals surface area contributed by atoms with Crippen molar-refractivity contribution < 1.29 is 4.74 Å². The number of rotatable bonds is 3. The predicted octanol–water partition coefficient (Wildman–Crippen LogP) is 5.89. The Morgan fingerprint density at radius 1 is 0.818 bits per heavy atom. The van der Waals surface area contributed by atoms with Crippen LogP contribution < -0.4 is 10.5 Å². The summed E-state index contributed by atoms with van der Waals surface area (Å²) >= 11 is 0. The van der Waals surface area contributed by atoms with Gasteiger partial charge in [0.15, 0.2) is 0 Å². The molecule has 4 aromatic rings. The Kier molecular flexibility index (Phi) is 5.55. The normalized spacial score (nSPS) is 18.6. The Bertz CT molecular complexity index is 1340. The maximum Gasteiger partial charge on any atom is 0.262 e. The summed E-state index contributed by atoms with van der Waals surface area (Å²) in [6.07, 6.45) is 2.39. The molecule has 4 nitrogen and oxygen atoms in total. The second-order valence-electron chi connectivity index (χ2n) is 9.26.